The molecule has 0 saturated heterocycles. The predicted octanol–water partition coefficient (Wildman–Crippen LogP) is 4.96. The molecule has 0 heterocycles. The van der Waals surface area contributed by atoms with Crippen LogP contribution in [0, 0.1) is 17.8 Å². The monoisotopic (exact) mass is 382 g/mol. The lowest BCUT2D eigenvalue weighted by Crippen LogP contribution is -2.42. The topological polar surface area (TPSA) is 44.8 Å². The standard InChI is InChI=1S/C24H30O4/c1-26-16-10-8-15(9-11-16)22-19-7-5-4-6-18(19)21-14-17(27-2)12-13-20(21)23(22)24(25)28-3/h8,10-15,18-19,22-23H,4-7,9H2,1-3H3/t15?,18-,19+,22+,23+/m1/s1. The number of carbonyl (C=O) groups excluding carboxylic acids is 1. The summed E-state index contributed by atoms with van der Waals surface area (Å²) in [7, 11) is 4.92. The van der Waals surface area contributed by atoms with Crippen molar-refractivity contribution in [1.82, 2.24) is 0 Å². The van der Waals surface area contributed by atoms with Gasteiger partial charge < -0.3 is 14.2 Å². The van der Waals surface area contributed by atoms with E-state index < -0.39 is 0 Å². The second kappa shape index (κ2) is 8.02. The fraction of sp³-hybridized carbons (Fsp3) is 0.542. The zero-order chi connectivity index (χ0) is 19.7. The Morgan fingerprint density at radius 1 is 1.04 bits per heavy atom. The molecule has 0 aromatic heterocycles. The quantitative estimate of drug-likeness (QED) is 0.690. The Bertz CT molecular complexity index is 794. The number of ether oxygens (including phenoxy) is 3. The molecule has 5 atom stereocenters. The van der Waals surface area contributed by atoms with E-state index >= 15 is 0 Å². The SMILES string of the molecule is COC(=O)[C@H]1c2ccc(OC)cc2[C@@H]2CCCC[C@@H]2[C@@H]1C1C=CC(OC)=CC1. The van der Waals surface area contributed by atoms with Gasteiger partial charge in [-0.15, -0.1) is 0 Å². The highest BCUT2D eigenvalue weighted by Gasteiger charge is 2.49. The van der Waals surface area contributed by atoms with Gasteiger partial charge >= 0.3 is 5.97 Å². The highest BCUT2D eigenvalue weighted by Crippen LogP contribution is 2.56. The van der Waals surface area contributed by atoms with Crippen LogP contribution in [-0.2, 0) is 14.3 Å². The number of rotatable bonds is 4. The number of methoxy groups -OCH3 is 3. The minimum absolute atomic E-state index is 0.115. The molecule has 0 aliphatic heterocycles. The molecule has 1 fully saturated rings. The van der Waals surface area contributed by atoms with Crippen LogP contribution in [0.2, 0.25) is 0 Å². The normalized spacial score (nSPS) is 31.2. The summed E-state index contributed by atoms with van der Waals surface area (Å²) >= 11 is 0. The summed E-state index contributed by atoms with van der Waals surface area (Å²) in [4.78, 5) is 13.0. The number of esters is 1. The van der Waals surface area contributed by atoms with Gasteiger partial charge in [-0.25, -0.2) is 0 Å². The third-order valence-corrected chi connectivity index (χ3v) is 7.01. The first-order chi connectivity index (χ1) is 13.7. The van der Waals surface area contributed by atoms with Crippen LogP contribution in [0.15, 0.2) is 42.2 Å². The highest BCUT2D eigenvalue weighted by molar-refractivity contribution is 5.80. The van der Waals surface area contributed by atoms with Crippen LogP contribution >= 0.6 is 0 Å². The van der Waals surface area contributed by atoms with Crippen LogP contribution in [-0.4, -0.2) is 27.3 Å². The lowest BCUT2D eigenvalue weighted by Gasteiger charge is -2.48. The molecule has 0 N–H and O–H groups in total. The Balaban J connectivity index is 1.80. The average Bonchev–Trinajstić information content (AvgIpc) is 2.77. The maximum atomic E-state index is 13.0. The summed E-state index contributed by atoms with van der Waals surface area (Å²) in [5.41, 5.74) is 2.43. The van der Waals surface area contributed by atoms with Crippen LogP contribution in [0.25, 0.3) is 0 Å². The number of allylic oxidation sites excluding steroid dienone is 3. The van der Waals surface area contributed by atoms with E-state index in [1.807, 2.05) is 6.07 Å². The van der Waals surface area contributed by atoms with Gasteiger partial charge in [-0.1, -0.05) is 25.0 Å². The van der Waals surface area contributed by atoms with Crippen LogP contribution in [0.3, 0.4) is 0 Å². The molecule has 1 unspecified atom stereocenters. The summed E-state index contributed by atoms with van der Waals surface area (Å²) in [6.45, 7) is 0. The molecule has 1 aromatic rings. The van der Waals surface area contributed by atoms with Crippen molar-refractivity contribution in [1.29, 1.82) is 0 Å². The molecule has 1 saturated carbocycles. The van der Waals surface area contributed by atoms with Crippen LogP contribution in [0.4, 0.5) is 0 Å². The van der Waals surface area contributed by atoms with Crippen molar-refractivity contribution >= 4 is 5.97 Å². The zero-order valence-electron chi connectivity index (χ0n) is 17.0. The van der Waals surface area contributed by atoms with Crippen LogP contribution in [0.5, 0.6) is 5.75 Å². The van der Waals surface area contributed by atoms with E-state index in [-0.39, 0.29) is 17.8 Å². The maximum Gasteiger partial charge on any atom is 0.313 e. The van der Waals surface area contributed by atoms with Gasteiger partial charge in [-0.3, -0.25) is 4.79 Å². The van der Waals surface area contributed by atoms with Gasteiger partial charge in [0, 0.05) is 0 Å². The van der Waals surface area contributed by atoms with E-state index in [0.29, 0.717) is 17.8 Å². The minimum Gasteiger partial charge on any atom is -0.497 e. The Morgan fingerprint density at radius 3 is 2.54 bits per heavy atom. The van der Waals surface area contributed by atoms with E-state index in [2.05, 4.69) is 30.4 Å². The molecule has 3 aliphatic carbocycles. The minimum atomic E-state index is -0.225. The summed E-state index contributed by atoms with van der Waals surface area (Å²) in [5.74, 6) is 3.00. The molecule has 4 heteroatoms. The lowest BCUT2D eigenvalue weighted by molar-refractivity contribution is -0.145. The molecular weight excluding hydrogens is 352 g/mol. The number of hydrogen-bond acceptors (Lipinski definition) is 4. The van der Waals surface area contributed by atoms with E-state index in [1.54, 1.807) is 14.2 Å². The molecule has 0 amide bonds. The van der Waals surface area contributed by atoms with Crippen molar-refractivity contribution in [2.45, 2.75) is 43.9 Å². The largest absolute Gasteiger partial charge is 0.497 e. The number of carbonyl (C=O) groups is 1. The Kier molecular flexibility index (Phi) is 5.47. The summed E-state index contributed by atoms with van der Waals surface area (Å²) in [6, 6.07) is 6.23. The molecule has 0 radical (unpaired) electrons. The summed E-state index contributed by atoms with van der Waals surface area (Å²) < 4.78 is 16.2. The first kappa shape index (κ1) is 19.1. The van der Waals surface area contributed by atoms with Gasteiger partial charge in [0.1, 0.15) is 11.5 Å². The van der Waals surface area contributed by atoms with Crippen molar-refractivity contribution in [3.63, 3.8) is 0 Å². The second-order valence-corrected chi connectivity index (χ2v) is 8.20. The van der Waals surface area contributed by atoms with Gasteiger partial charge in [0.2, 0.25) is 0 Å². The molecule has 0 bridgehead atoms. The van der Waals surface area contributed by atoms with Gasteiger partial charge in [-0.2, -0.15) is 0 Å². The van der Waals surface area contributed by atoms with Crippen molar-refractivity contribution in [3.8, 4) is 5.75 Å². The number of hydrogen-bond donors (Lipinski definition) is 0. The fourth-order valence-electron chi connectivity index (χ4n) is 5.77. The van der Waals surface area contributed by atoms with Crippen molar-refractivity contribution in [2.75, 3.05) is 21.3 Å². The molecule has 150 valence electrons. The molecule has 28 heavy (non-hydrogen) atoms. The Labute approximate surface area is 167 Å². The first-order valence-electron chi connectivity index (χ1n) is 10.4. The average molecular weight is 383 g/mol. The maximum absolute atomic E-state index is 13.0. The molecule has 4 nitrogen and oxygen atoms in total. The highest BCUT2D eigenvalue weighted by atomic mass is 16.5. The van der Waals surface area contributed by atoms with Crippen molar-refractivity contribution < 1.29 is 19.0 Å². The van der Waals surface area contributed by atoms with E-state index in [4.69, 9.17) is 14.2 Å². The van der Waals surface area contributed by atoms with Gasteiger partial charge in [0.15, 0.2) is 0 Å². The molecule has 4 rings (SSSR count). The van der Waals surface area contributed by atoms with Crippen LogP contribution < -0.4 is 4.74 Å². The van der Waals surface area contributed by atoms with E-state index in [9.17, 15) is 4.79 Å². The van der Waals surface area contributed by atoms with E-state index in [1.165, 1.54) is 38.4 Å². The van der Waals surface area contributed by atoms with Crippen molar-refractivity contribution in [3.05, 3.63) is 53.3 Å². The van der Waals surface area contributed by atoms with Crippen LogP contribution in [0.1, 0.15) is 55.1 Å². The van der Waals surface area contributed by atoms with Gasteiger partial charge in [-0.05, 0) is 78.3 Å². The number of fused-ring (bicyclic) bond motifs is 3. The zero-order valence-corrected chi connectivity index (χ0v) is 17.0. The molecular formula is C24H30O4. The third kappa shape index (κ3) is 3.23. The van der Waals surface area contributed by atoms with Crippen molar-refractivity contribution in [2.24, 2.45) is 17.8 Å². The summed E-state index contributed by atoms with van der Waals surface area (Å²) in [6.07, 6.45) is 12.2. The molecule has 1 aromatic carbocycles. The Morgan fingerprint density at radius 2 is 1.86 bits per heavy atom. The molecule has 0 spiro atoms. The third-order valence-electron chi connectivity index (χ3n) is 7.01. The Hall–Kier alpha value is -2.23. The summed E-state index contributed by atoms with van der Waals surface area (Å²) in [5, 5.41) is 0. The smallest absolute Gasteiger partial charge is 0.313 e. The first-order valence-corrected chi connectivity index (χ1v) is 10.4. The molecule has 3 aliphatic rings. The predicted molar refractivity (Wildman–Crippen MR) is 108 cm³/mol. The lowest BCUT2D eigenvalue weighted by atomic mass is 9.55. The fourth-order valence-corrected chi connectivity index (χ4v) is 5.77. The number of benzene rings is 1. The van der Waals surface area contributed by atoms with Gasteiger partial charge in [0.25, 0.3) is 0 Å². The second-order valence-electron chi connectivity index (χ2n) is 8.20. The van der Waals surface area contributed by atoms with Gasteiger partial charge in [0.05, 0.1) is 27.2 Å². The van der Waals surface area contributed by atoms with E-state index in [0.717, 1.165) is 23.5 Å².